The van der Waals surface area contributed by atoms with E-state index in [2.05, 4.69) is 19.2 Å². The van der Waals surface area contributed by atoms with Crippen LogP contribution >= 0.6 is 0 Å². The summed E-state index contributed by atoms with van der Waals surface area (Å²) in [6, 6.07) is 0.360. The lowest BCUT2D eigenvalue weighted by molar-refractivity contribution is 0.137. The average Bonchev–Trinajstić information content (AvgIpc) is 2.43. The van der Waals surface area contributed by atoms with E-state index in [1.165, 1.54) is 0 Å². The van der Waals surface area contributed by atoms with Crippen LogP contribution in [-0.2, 0) is 4.74 Å². The molecule has 4 nitrogen and oxygen atoms in total. The first kappa shape index (κ1) is 10.3. The summed E-state index contributed by atoms with van der Waals surface area (Å²) in [7, 11) is 1.65. The number of methoxy groups -OCH3 is 1. The number of urea groups is 1. The van der Waals surface area contributed by atoms with Crippen LogP contribution in [0.25, 0.3) is 0 Å². The van der Waals surface area contributed by atoms with Crippen molar-refractivity contribution in [1.29, 1.82) is 0 Å². The molecule has 0 saturated carbocycles. The highest BCUT2D eigenvalue weighted by Gasteiger charge is 2.31. The van der Waals surface area contributed by atoms with E-state index in [4.69, 9.17) is 4.74 Å². The van der Waals surface area contributed by atoms with Gasteiger partial charge >= 0.3 is 6.03 Å². The summed E-state index contributed by atoms with van der Waals surface area (Å²) in [6.07, 6.45) is 0. The Bertz CT molecular complexity index is 182. The van der Waals surface area contributed by atoms with Gasteiger partial charge in [-0.3, -0.25) is 0 Å². The zero-order chi connectivity index (χ0) is 9.84. The molecule has 2 amide bonds. The first-order valence-corrected chi connectivity index (χ1v) is 4.70. The number of rotatable bonds is 4. The molecule has 13 heavy (non-hydrogen) atoms. The lowest BCUT2D eigenvalue weighted by atomic mass is 10.0. The van der Waals surface area contributed by atoms with Gasteiger partial charge in [0.05, 0.1) is 12.6 Å². The maximum Gasteiger partial charge on any atom is 0.317 e. The summed E-state index contributed by atoms with van der Waals surface area (Å²) in [5, 5.41) is 2.84. The van der Waals surface area contributed by atoms with Gasteiger partial charge in [-0.05, 0) is 5.92 Å². The van der Waals surface area contributed by atoms with Gasteiger partial charge in [0, 0.05) is 20.2 Å². The van der Waals surface area contributed by atoms with Gasteiger partial charge in [-0.15, -0.1) is 0 Å². The van der Waals surface area contributed by atoms with Crippen molar-refractivity contribution in [2.45, 2.75) is 19.9 Å². The third kappa shape index (κ3) is 2.34. The number of nitrogens with zero attached hydrogens (tertiary/aromatic N) is 1. The Hall–Kier alpha value is -0.770. The monoisotopic (exact) mass is 186 g/mol. The topological polar surface area (TPSA) is 41.6 Å². The van der Waals surface area contributed by atoms with Crippen LogP contribution in [-0.4, -0.2) is 43.8 Å². The molecule has 1 aliphatic heterocycles. The number of hydrogen-bond donors (Lipinski definition) is 1. The van der Waals surface area contributed by atoms with Crippen LogP contribution < -0.4 is 5.32 Å². The molecule has 76 valence electrons. The van der Waals surface area contributed by atoms with Crippen LogP contribution in [0.3, 0.4) is 0 Å². The predicted molar refractivity (Wildman–Crippen MR) is 50.6 cm³/mol. The number of amides is 2. The van der Waals surface area contributed by atoms with Crippen molar-refractivity contribution in [2.24, 2.45) is 5.92 Å². The van der Waals surface area contributed by atoms with E-state index in [0.29, 0.717) is 25.1 Å². The molecule has 0 aromatic rings. The molecule has 1 rings (SSSR count). The third-order valence-corrected chi connectivity index (χ3v) is 2.43. The van der Waals surface area contributed by atoms with Crippen LogP contribution in [0.2, 0.25) is 0 Å². The molecule has 1 saturated heterocycles. The molecule has 1 fully saturated rings. The quantitative estimate of drug-likeness (QED) is 0.701. The number of ether oxygens (including phenoxy) is 1. The lowest BCUT2D eigenvalue weighted by Gasteiger charge is -2.25. The molecule has 0 aliphatic carbocycles. The minimum absolute atomic E-state index is 0.0377. The predicted octanol–water partition coefficient (Wildman–Crippen LogP) is 0.683. The SMILES string of the molecule is COCCN1C(=O)NC[C@H]1C(C)C. The summed E-state index contributed by atoms with van der Waals surface area (Å²) in [6.45, 7) is 6.32. The maximum absolute atomic E-state index is 11.4. The highest BCUT2D eigenvalue weighted by molar-refractivity contribution is 5.76. The standard InChI is InChI=1S/C9H18N2O2/c1-7(2)8-6-10-9(12)11(8)4-5-13-3/h7-8H,4-6H2,1-3H3,(H,10,12)/t8-/m0/s1. The number of carbonyl (C=O) groups excluding carboxylic acids is 1. The zero-order valence-corrected chi connectivity index (χ0v) is 8.54. The molecule has 0 spiro atoms. The van der Waals surface area contributed by atoms with Crippen molar-refractivity contribution in [1.82, 2.24) is 10.2 Å². The summed E-state index contributed by atoms with van der Waals surface area (Å²) in [5.74, 6) is 0.496. The Morgan fingerprint density at radius 1 is 1.69 bits per heavy atom. The molecule has 0 radical (unpaired) electrons. The maximum atomic E-state index is 11.4. The van der Waals surface area contributed by atoms with Crippen LogP contribution in [0.4, 0.5) is 4.79 Å². The minimum Gasteiger partial charge on any atom is -0.383 e. The zero-order valence-electron chi connectivity index (χ0n) is 8.54. The second-order valence-corrected chi connectivity index (χ2v) is 3.68. The van der Waals surface area contributed by atoms with Crippen LogP contribution in [0.5, 0.6) is 0 Å². The normalized spacial score (nSPS) is 22.6. The van der Waals surface area contributed by atoms with Crippen molar-refractivity contribution in [3.63, 3.8) is 0 Å². The average molecular weight is 186 g/mol. The van der Waals surface area contributed by atoms with Crippen LogP contribution in [0.15, 0.2) is 0 Å². The second kappa shape index (κ2) is 4.46. The van der Waals surface area contributed by atoms with Gasteiger partial charge in [0.2, 0.25) is 0 Å². The van der Waals surface area contributed by atoms with E-state index in [1.807, 2.05) is 4.90 Å². The summed E-state index contributed by atoms with van der Waals surface area (Å²) in [5.41, 5.74) is 0. The van der Waals surface area contributed by atoms with Gasteiger partial charge in [-0.2, -0.15) is 0 Å². The van der Waals surface area contributed by atoms with Gasteiger partial charge in [-0.1, -0.05) is 13.8 Å². The summed E-state index contributed by atoms with van der Waals surface area (Å²) >= 11 is 0. The second-order valence-electron chi connectivity index (χ2n) is 3.68. The first-order valence-electron chi connectivity index (χ1n) is 4.70. The van der Waals surface area contributed by atoms with Gasteiger partial charge in [0.25, 0.3) is 0 Å². The number of carbonyl (C=O) groups is 1. The van der Waals surface area contributed by atoms with E-state index < -0.39 is 0 Å². The molecule has 1 heterocycles. The lowest BCUT2D eigenvalue weighted by Crippen LogP contribution is -2.39. The molecule has 1 atom stereocenters. The van der Waals surface area contributed by atoms with Gasteiger partial charge in [0.1, 0.15) is 0 Å². The van der Waals surface area contributed by atoms with E-state index >= 15 is 0 Å². The molecule has 0 aromatic carbocycles. The van der Waals surface area contributed by atoms with Crippen LogP contribution in [0.1, 0.15) is 13.8 Å². The molecule has 1 aliphatic rings. The molecule has 0 unspecified atom stereocenters. The van der Waals surface area contributed by atoms with E-state index in [0.717, 1.165) is 6.54 Å². The van der Waals surface area contributed by atoms with Crippen molar-refractivity contribution in [3.05, 3.63) is 0 Å². The fraction of sp³-hybridized carbons (Fsp3) is 0.889. The largest absolute Gasteiger partial charge is 0.383 e. The number of nitrogens with one attached hydrogen (secondary N) is 1. The Kier molecular flexibility index (Phi) is 3.54. The van der Waals surface area contributed by atoms with Crippen molar-refractivity contribution in [2.75, 3.05) is 26.8 Å². The van der Waals surface area contributed by atoms with Crippen molar-refractivity contribution < 1.29 is 9.53 Å². The number of hydrogen-bond acceptors (Lipinski definition) is 2. The van der Waals surface area contributed by atoms with Gasteiger partial charge in [-0.25, -0.2) is 4.79 Å². The Morgan fingerprint density at radius 2 is 2.38 bits per heavy atom. The third-order valence-electron chi connectivity index (χ3n) is 2.43. The van der Waals surface area contributed by atoms with Gasteiger partial charge < -0.3 is 15.0 Å². The molecule has 4 heteroatoms. The Morgan fingerprint density at radius 3 is 2.92 bits per heavy atom. The smallest absolute Gasteiger partial charge is 0.317 e. The fourth-order valence-electron chi connectivity index (χ4n) is 1.61. The molecular weight excluding hydrogens is 168 g/mol. The van der Waals surface area contributed by atoms with Crippen molar-refractivity contribution in [3.8, 4) is 0 Å². The summed E-state index contributed by atoms with van der Waals surface area (Å²) < 4.78 is 4.96. The van der Waals surface area contributed by atoms with E-state index in [9.17, 15) is 4.79 Å². The van der Waals surface area contributed by atoms with Gasteiger partial charge in [0.15, 0.2) is 0 Å². The van der Waals surface area contributed by atoms with Crippen molar-refractivity contribution >= 4 is 6.03 Å². The molecule has 0 aromatic heterocycles. The Labute approximate surface area is 79.2 Å². The fourth-order valence-corrected chi connectivity index (χ4v) is 1.61. The Balaban J connectivity index is 2.50. The molecule has 0 bridgehead atoms. The van der Waals surface area contributed by atoms with E-state index in [1.54, 1.807) is 7.11 Å². The van der Waals surface area contributed by atoms with Crippen LogP contribution in [0, 0.1) is 5.92 Å². The van der Waals surface area contributed by atoms with E-state index in [-0.39, 0.29) is 6.03 Å². The molecule has 1 N–H and O–H groups in total. The minimum atomic E-state index is 0.0377. The first-order chi connectivity index (χ1) is 6.16. The highest BCUT2D eigenvalue weighted by atomic mass is 16.5. The summed E-state index contributed by atoms with van der Waals surface area (Å²) in [4.78, 5) is 13.2. The molecular formula is C9H18N2O2. The highest BCUT2D eigenvalue weighted by Crippen LogP contribution is 2.14.